The van der Waals surface area contributed by atoms with Crippen molar-refractivity contribution in [3.8, 4) is 0 Å². The Morgan fingerprint density at radius 2 is 1.54 bits per heavy atom. The summed E-state index contributed by atoms with van der Waals surface area (Å²) in [6.45, 7) is 4.66. The maximum atomic E-state index is 12.8. The van der Waals surface area contributed by atoms with E-state index in [0.29, 0.717) is 22.5 Å². The Labute approximate surface area is 157 Å². The van der Waals surface area contributed by atoms with Crippen molar-refractivity contribution >= 4 is 23.0 Å². The Morgan fingerprint density at radius 3 is 2.19 bits per heavy atom. The molecule has 1 amide bonds. The third-order valence-corrected chi connectivity index (χ3v) is 5.28. The smallest absolute Gasteiger partial charge is 0.252 e. The van der Waals surface area contributed by atoms with E-state index in [2.05, 4.69) is 31.3 Å². The van der Waals surface area contributed by atoms with Gasteiger partial charge in [0.05, 0.1) is 10.4 Å². The van der Waals surface area contributed by atoms with E-state index >= 15 is 0 Å². The second-order valence-electron chi connectivity index (χ2n) is 6.78. The van der Waals surface area contributed by atoms with Gasteiger partial charge in [0.25, 0.3) is 5.91 Å². The summed E-state index contributed by atoms with van der Waals surface area (Å²) >= 11 is 1.38. The van der Waals surface area contributed by atoms with E-state index in [9.17, 15) is 9.59 Å². The van der Waals surface area contributed by atoms with E-state index in [1.165, 1.54) is 11.3 Å². The van der Waals surface area contributed by atoms with Gasteiger partial charge >= 0.3 is 0 Å². The highest BCUT2D eigenvalue weighted by atomic mass is 32.1. The molecule has 1 heterocycles. The molecule has 0 fully saturated rings. The van der Waals surface area contributed by atoms with Gasteiger partial charge in [-0.1, -0.05) is 68.4 Å². The molecule has 3 nitrogen and oxygen atoms in total. The number of benzene rings is 2. The molecule has 0 atom stereocenters. The molecule has 132 valence electrons. The van der Waals surface area contributed by atoms with Crippen molar-refractivity contribution in [3.05, 3.63) is 93.7 Å². The molecule has 0 aliphatic heterocycles. The monoisotopic (exact) mass is 363 g/mol. The van der Waals surface area contributed by atoms with Crippen molar-refractivity contribution in [1.29, 1.82) is 0 Å². The molecule has 0 unspecified atom stereocenters. The van der Waals surface area contributed by atoms with Gasteiger partial charge in [-0.25, -0.2) is 0 Å². The summed E-state index contributed by atoms with van der Waals surface area (Å²) in [6, 6.07) is 20.7. The predicted molar refractivity (Wildman–Crippen MR) is 106 cm³/mol. The SMILES string of the molecule is CC(C)(CNC(=O)c1ccccc1C(=O)c1cccs1)c1ccccc1. The lowest BCUT2D eigenvalue weighted by atomic mass is 9.84. The van der Waals surface area contributed by atoms with Gasteiger partial charge in [0.1, 0.15) is 0 Å². The van der Waals surface area contributed by atoms with Crippen LogP contribution in [0, 0.1) is 0 Å². The molecule has 2 aromatic carbocycles. The molecule has 3 aromatic rings. The summed E-state index contributed by atoms with van der Waals surface area (Å²) < 4.78 is 0. The Morgan fingerprint density at radius 1 is 0.885 bits per heavy atom. The van der Waals surface area contributed by atoms with E-state index < -0.39 is 0 Å². The minimum Gasteiger partial charge on any atom is -0.351 e. The van der Waals surface area contributed by atoms with Gasteiger partial charge in [0, 0.05) is 17.5 Å². The third-order valence-electron chi connectivity index (χ3n) is 4.41. The first-order chi connectivity index (χ1) is 12.5. The van der Waals surface area contributed by atoms with Gasteiger partial charge in [0.2, 0.25) is 5.78 Å². The van der Waals surface area contributed by atoms with Crippen LogP contribution in [0.5, 0.6) is 0 Å². The summed E-state index contributed by atoms with van der Waals surface area (Å²) in [6.07, 6.45) is 0. The molecule has 0 saturated carbocycles. The lowest BCUT2D eigenvalue weighted by Gasteiger charge is -2.25. The van der Waals surface area contributed by atoms with Crippen molar-refractivity contribution in [3.63, 3.8) is 0 Å². The molecule has 0 aliphatic carbocycles. The second-order valence-corrected chi connectivity index (χ2v) is 7.73. The Hall–Kier alpha value is -2.72. The second kappa shape index (κ2) is 7.67. The van der Waals surface area contributed by atoms with E-state index in [0.717, 1.165) is 5.56 Å². The summed E-state index contributed by atoms with van der Waals surface area (Å²) in [4.78, 5) is 26.1. The highest BCUT2D eigenvalue weighted by Gasteiger charge is 2.23. The van der Waals surface area contributed by atoms with Gasteiger partial charge in [-0.2, -0.15) is 0 Å². The first kappa shape index (κ1) is 18.1. The quantitative estimate of drug-likeness (QED) is 0.646. The van der Waals surface area contributed by atoms with Crippen molar-refractivity contribution in [2.75, 3.05) is 6.54 Å². The highest BCUT2D eigenvalue weighted by molar-refractivity contribution is 7.12. The summed E-state index contributed by atoms with van der Waals surface area (Å²) in [5.74, 6) is -0.345. The number of carbonyl (C=O) groups is 2. The minimum atomic E-state index is -0.227. The van der Waals surface area contributed by atoms with Crippen LogP contribution in [0.1, 0.15) is 45.0 Å². The molecule has 1 N–H and O–H groups in total. The van der Waals surface area contributed by atoms with Crippen molar-refractivity contribution in [1.82, 2.24) is 5.32 Å². The van der Waals surface area contributed by atoms with Crippen LogP contribution in [-0.2, 0) is 5.41 Å². The Bertz CT molecular complexity index is 899. The Balaban J connectivity index is 1.78. The first-order valence-electron chi connectivity index (χ1n) is 8.50. The third kappa shape index (κ3) is 3.92. The molecule has 1 aromatic heterocycles. The number of amides is 1. The van der Waals surface area contributed by atoms with Gasteiger partial charge < -0.3 is 5.32 Å². The molecule has 0 saturated heterocycles. The van der Waals surface area contributed by atoms with Crippen LogP contribution in [0.2, 0.25) is 0 Å². The number of carbonyl (C=O) groups excluding carboxylic acids is 2. The molecule has 3 rings (SSSR count). The van der Waals surface area contributed by atoms with E-state index in [1.54, 1.807) is 30.3 Å². The summed E-state index contributed by atoms with van der Waals surface area (Å²) in [5, 5.41) is 4.85. The maximum absolute atomic E-state index is 12.8. The van der Waals surface area contributed by atoms with E-state index in [4.69, 9.17) is 0 Å². The Kier molecular flexibility index (Phi) is 5.33. The fraction of sp³-hybridized carbons (Fsp3) is 0.182. The van der Waals surface area contributed by atoms with Crippen molar-refractivity contribution < 1.29 is 9.59 Å². The average molecular weight is 363 g/mol. The molecule has 0 radical (unpaired) electrons. The van der Waals surface area contributed by atoms with E-state index in [1.807, 2.05) is 29.6 Å². The standard InChI is InChI=1S/C22H21NO2S/c1-22(2,16-9-4-3-5-10-16)15-23-21(25)18-12-7-6-11-17(18)20(24)19-13-8-14-26-19/h3-14H,15H2,1-2H3,(H,23,25). The average Bonchev–Trinajstić information content (AvgIpc) is 3.21. The van der Waals surface area contributed by atoms with Crippen molar-refractivity contribution in [2.45, 2.75) is 19.3 Å². The molecular formula is C22H21NO2S. The van der Waals surface area contributed by atoms with Crippen LogP contribution in [0.3, 0.4) is 0 Å². The lowest BCUT2D eigenvalue weighted by molar-refractivity contribution is 0.0935. The van der Waals surface area contributed by atoms with Crippen LogP contribution in [0.4, 0.5) is 0 Å². The number of nitrogens with one attached hydrogen (secondary N) is 1. The minimum absolute atomic E-state index is 0.118. The fourth-order valence-electron chi connectivity index (χ4n) is 2.81. The molecule has 26 heavy (non-hydrogen) atoms. The lowest BCUT2D eigenvalue weighted by Crippen LogP contribution is -2.37. The molecule has 0 aliphatic rings. The van der Waals surface area contributed by atoms with Gasteiger partial charge in [0.15, 0.2) is 0 Å². The number of ketones is 1. The number of rotatable bonds is 6. The molecule has 0 spiro atoms. The normalized spacial score (nSPS) is 11.2. The molecule has 4 heteroatoms. The van der Waals surface area contributed by atoms with Crippen LogP contribution in [-0.4, -0.2) is 18.2 Å². The zero-order valence-corrected chi connectivity index (χ0v) is 15.7. The van der Waals surface area contributed by atoms with Crippen LogP contribution in [0.25, 0.3) is 0 Å². The zero-order chi connectivity index (χ0) is 18.6. The summed E-state index contributed by atoms with van der Waals surface area (Å²) in [7, 11) is 0. The van der Waals surface area contributed by atoms with Crippen LogP contribution < -0.4 is 5.32 Å². The summed E-state index contributed by atoms with van der Waals surface area (Å²) in [5.41, 5.74) is 1.80. The van der Waals surface area contributed by atoms with Gasteiger partial charge in [-0.05, 0) is 23.1 Å². The number of hydrogen-bond donors (Lipinski definition) is 1. The number of thiophene rings is 1. The van der Waals surface area contributed by atoms with Crippen molar-refractivity contribution in [2.24, 2.45) is 0 Å². The maximum Gasteiger partial charge on any atom is 0.252 e. The largest absolute Gasteiger partial charge is 0.351 e. The van der Waals surface area contributed by atoms with Gasteiger partial charge in [-0.15, -0.1) is 11.3 Å². The van der Waals surface area contributed by atoms with Gasteiger partial charge in [-0.3, -0.25) is 9.59 Å². The highest BCUT2D eigenvalue weighted by Crippen LogP contribution is 2.22. The fourth-order valence-corrected chi connectivity index (χ4v) is 3.49. The topological polar surface area (TPSA) is 46.2 Å². The molecular weight excluding hydrogens is 342 g/mol. The predicted octanol–water partition coefficient (Wildman–Crippen LogP) is 4.69. The first-order valence-corrected chi connectivity index (χ1v) is 9.38. The van der Waals surface area contributed by atoms with Crippen LogP contribution in [0.15, 0.2) is 72.1 Å². The molecule has 0 bridgehead atoms. The van der Waals surface area contributed by atoms with E-state index in [-0.39, 0.29) is 17.1 Å². The van der Waals surface area contributed by atoms with Crippen LogP contribution >= 0.6 is 11.3 Å². The zero-order valence-electron chi connectivity index (χ0n) is 14.9. The number of hydrogen-bond acceptors (Lipinski definition) is 3.